The van der Waals surface area contributed by atoms with E-state index in [0.29, 0.717) is 5.56 Å². The molecule has 1 saturated heterocycles. The van der Waals surface area contributed by atoms with Crippen LogP contribution in [-0.2, 0) is 52.3 Å². The van der Waals surface area contributed by atoms with Crippen molar-refractivity contribution in [1.29, 1.82) is 0 Å². The molecule has 3 aliphatic carbocycles. The van der Waals surface area contributed by atoms with E-state index in [1.54, 1.807) is 101 Å². The van der Waals surface area contributed by atoms with Gasteiger partial charge in [-0.3, -0.25) is 14.4 Å². The maximum Gasteiger partial charge on any atom is 0.408 e. The second-order valence-corrected chi connectivity index (χ2v) is 19.9. The fourth-order valence-corrected chi connectivity index (χ4v) is 10.7. The lowest BCUT2D eigenvalue weighted by atomic mass is 9.44. The third kappa shape index (κ3) is 9.26. The van der Waals surface area contributed by atoms with Gasteiger partial charge in [-0.15, -0.1) is 0 Å². The van der Waals surface area contributed by atoms with Crippen LogP contribution < -0.4 is 5.32 Å². The highest BCUT2D eigenvalue weighted by Crippen LogP contribution is 2.64. The topological polar surface area (TPSA) is 237 Å². The maximum absolute atomic E-state index is 15.7. The van der Waals surface area contributed by atoms with Gasteiger partial charge in [0.2, 0.25) is 6.10 Å². The Kier molecular flexibility index (Phi) is 13.8. The van der Waals surface area contributed by atoms with Crippen LogP contribution >= 0.6 is 0 Å². The summed E-state index contributed by atoms with van der Waals surface area (Å²) in [6.07, 6.45) is -11.8. The van der Waals surface area contributed by atoms with Gasteiger partial charge in [0.25, 0.3) is 0 Å². The lowest BCUT2D eigenvalue weighted by Gasteiger charge is -2.67. The third-order valence-corrected chi connectivity index (χ3v) is 14.1. The van der Waals surface area contributed by atoms with Gasteiger partial charge in [-0.05, 0) is 75.6 Å². The van der Waals surface area contributed by atoms with Gasteiger partial charge in [-0.2, -0.15) is 0 Å². The molecule has 17 heteroatoms. The molecule has 3 N–H and O–H groups in total. The van der Waals surface area contributed by atoms with Gasteiger partial charge < -0.3 is 48.7 Å². The molecule has 4 aliphatic rings. The normalized spacial score (nSPS) is 29.9. The zero-order valence-corrected chi connectivity index (χ0v) is 40.0. The molecule has 69 heavy (non-hydrogen) atoms. The minimum atomic E-state index is -2.46. The Morgan fingerprint density at radius 1 is 0.797 bits per heavy atom. The first-order valence-electron chi connectivity index (χ1n) is 22.8. The van der Waals surface area contributed by atoms with E-state index < -0.39 is 124 Å². The molecule has 0 radical (unpaired) electrons. The summed E-state index contributed by atoms with van der Waals surface area (Å²) in [6, 6.07) is 22.3. The molecule has 368 valence electrons. The smallest absolute Gasteiger partial charge is 0.408 e. The van der Waals surface area contributed by atoms with Crippen molar-refractivity contribution in [2.75, 3.05) is 6.61 Å². The number of benzene rings is 3. The van der Waals surface area contributed by atoms with E-state index in [1.807, 2.05) is 0 Å². The standard InChI is InChI=1S/C52H59NO16/c1-28-34(65-46(60)40(66-44(58)32-21-15-11-16-22-32)38(31-19-13-10-14-20-31)53-47(61)69-48(4,5)6)26-52(62)43(67-45(59)33-23-17-12-18-24-33)41-50(9,35(56)25-36-51(41,27-63-36)68-30(3)55)42(57)39(64-29(2)54)37(28)49(52,7)8/h10-24,34-36,38-41,43,56,62H,25-27H2,1-9H3,(H,53,61)/t34-,35+,36-,38+,39+,40+,41?,43-,50-,51-,52-/m1/s1. The molecule has 3 aromatic carbocycles. The van der Waals surface area contributed by atoms with Crippen molar-refractivity contribution < 1.29 is 76.9 Å². The molecule has 2 saturated carbocycles. The van der Waals surface area contributed by atoms with Crippen molar-refractivity contribution in [3.8, 4) is 0 Å². The van der Waals surface area contributed by atoms with Gasteiger partial charge in [0.15, 0.2) is 17.5 Å². The van der Waals surface area contributed by atoms with Crippen molar-refractivity contribution in [1.82, 2.24) is 5.32 Å². The summed E-state index contributed by atoms with van der Waals surface area (Å²) in [7, 11) is 0. The number of aliphatic hydroxyl groups excluding tert-OH is 1. The van der Waals surface area contributed by atoms with Crippen molar-refractivity contribution >= 4 is 41.7 Å². The number of carbonyl (C=O) groups excluding carboxylic acids is 7. The molecule has 0 spiro atoms. The third-order valence-electron chi connectivity index (χ3n) is 14.1. The van der Waals surface area contributed by atoms with Crippen LogP contribution in [0.25, 0.3) is 0 Å². The number of esters is 5. The van der Waals surface area contributed by atoms with Crippen LogP contribution in [0.15, 0.2) is 102 Å². The van der Waals surface area contributed by atoms with Crippen LogP contribution in [0.4, 0.5) is 4.79 Å². The van der Waals surface area contributed by atoms with Crippen molar-refractivity contribution in [2.24, 2.45) is 16.7 Å². The fraction of sp³-hybridized carbons (Fsp3) is 0.481. The highest BCUT2D eigenvalue weighted by molar-refractivity contribution is 5.96. The average Bonchev–Trinajstić information content (AvgIpc) is 3.28. The summed E-state index contributed by atoms with van der Waals surface area (Å²) >= 11 is 0. The first kappa shape index (κ1) is 50.4. The number of ether oxygens (including phenoxy) is 7. The summed E-state index contributed by atoms with van der Waals surface area (Å²) in [5.41, 5.74) is -8.61. The summed E-state index contributed by atoms with van der Waals surface area (Å²) in [6.45, 7) is 12.8. The number of ketones is 1. The van der Waals surface area contributed by atoms with Crippen LogP contribution in [0.3, 0.4) is 0 Å². The van der Waals surface area contributed by atoms with E-state index in [4.69, 9.17) is 33.2 Å². The molecule has 17 nitrogen and oxygen atoms in total. The first-order chi connectivity index (χ1) is 32.4. The highest BCUT2D eigenvalue weighted by atomic mass is 16.6. The number of hydrogen-bond donors (Lipinski definition) is 3. The second kappa shape index (κ2) is 18.8. The molecule has 3 fully saturated rings. The summed E-state index contributed by atoms with van der Waals surface area (Å²) in [4.78, 5) is 99.0. The number of aliphatic hydroxyl groups is 2. The number of carbonyl (C=O) groups is 7. The Bertz CT molecular complexity index is 2520. The van der Waals surface area contributed by atoms with Gasteiger partial charge in [0, 0.05) is 32.1 Å². The number of nitrogens with one attached hydrogen (secondary N) is 1. The van der Waals surface area contributed by atoms with E-state index in [0.717, 1.165) is 13.8 Å². The molecule has 1 amide bonds. The largest absolute Gasteiger partial charge is 0.455 e. The van der Waals surface area contributed by atoms with Gasteiger partial charge in [-0.25, -0.2) is 19.2 Å². The van der Waals surface area contributed by atoms with E-state index in [1.165, 1.54) is 38.1 Å². The molecular weight excluding hydrogens is 895 g/mol. The second-order valence-electron chi connectivity index (χ2n) is 19.9. The van der Waals surface area contributed by atoms with Crippen LogP contribution in [0.1, 0.15) is 107 Å². The van der Waals surface area contributed by atoms with Gasteiger partial charge in [-0.1, -0.05) is 80.6 Å². The van der Waals surface area contributed by atoms with Crippen LogP contribution in [-0.4, -0.2) is 112 Å². The Hall–Kier alpha value is -6.43. The lowest BCUT2D eigenvalue weighted by Crippen LogP contribution is -2.82. The molecular formula is C52H59NO16. The Labute approximate surface area is 399 Å². The van der Waals surface area contributed by atoms with Crippen LogP contribution in [0, 0.1) is 16.7 Å². The number of hydrogen-bond acceptors (Lipinski definition) is 16. The Morgan fingerprint density at radius 3 is 1.88 bits per heavy atom. The number of fused-ring (bicyclic) bond motifs is 5. The number of alkyl carbamates (subject to hydrolysis) is 1. The minimum Gasteiger partial charge on any atom is -0.455 e. The highest BCUT2D eigenvalue weighted by Gasteiger charge is 2.78. The predicted molar refractivity (Wildman–Crippen MR) is 243 cm³/mol. The van der Waals surface area contributed by atoms with E-state index in [-0.39, 0.29) is 35.3 Å². The minimum absolute atomic E-state index is 0.0419. The SMILES string of the molecule is CC(=O)O[C@@H]1C(=O)[C@@]2(C)C([C@@H](OC(=O)c3ccccc3)[C@]3(O)C[C@@H](OC(=O)[C@@H](OC(=O)c4ccccc4)[C@@H](NC(=O)OC(C)(C)C)c4ccccc4)C(C)=C1C3(C)C)[C@@]1(OC(C)=O)CO[C@@H]1C[C@@H]2O. The first-order valence-corrected chi connectivity index (χ1v) is 22.8. The fourth-order valence-electron chi connectivity index (χ4n) is 10.7. The van der Waals surface area contributed by atoms with Gasteiger partial charge in [0.05, 0.1) is 35.2 Å². The molecule has 11 atom stereocenters. The van der Waals surface area contributed by atoms with E-state index in [9.17, 15) is 34.2 Å². The quantitative estimate of drug-likeness (QED) is 0.119. The van der Waals surface area contributed by atoms with E-state index >= 15 is 9.59 Å². The van der Waals surface area contributed by atoms with E-state index in [2.05, 4.69) is 5.32 Å². The number of Topliss-reactive ketones (excluding diaryl/α,β-unsaturated/α-hetero) is 1. The zero-order chi connectivity index (χ0) is 50.4. The molecule has 1 unspecified atom stereocenters. The molecule has 7 rings (SSSR count). The Balaban J connectivity index is 1.43. The molecule has 2 bridgehead atoms. The monoisotopic (exact) mass is 953 g/mol. The zero-order valence-electron chi connectivity index (χ0n) is 40.0. The lowest BCUT2D eigenvalue weighted by molar-refractivity contribution is -0.346. The average molecular weight is 954 g/mol. The summed E-state index contributed by atoms with van der Waals surface area (Å²) in [5.74, 6) is -7.37. The maximum atomic E-state index is 15.7. The molecule has 1 aliphatic heterocycles. The summed E-state index contributed by atoms with van der Waals surface area (Å²) < 4.78 is 42.3. The van der Waals surface area contributed by atoms with Gasteiger partial charge in [0.1, 0.15) is 35.6 Å². The van der Waals surface area contributed by atoms with Crippen molar-refractivity contribution in [3.05, 3.63) is 119 Å². The molecule has 3 aromatic rings. The predicted octanol–water partition coefficient (Wildman–Crippen LogP) is 5.70. The number of rotatable bonds is 11. The Morgan fingerprint density at radius 2 is 1.36 bits per heavy atom. The van der Waals surface area contributed by atoms with Crippen LogP contribution in [0.5, 0.6) is 0 Å². The molecule has 0 aromatic heterocycles. The summed E-state index contributed by atoms with van der Waals surface area (Å²) in [5, 5.41) is 28.8. The van der Waals surface area contributed by atoms with Gasteiger partial charge >= 0.3 is 35.9 Å². The number of amides is 1. The molecule has 1 heterocycles. The van der Waals surface area contributed by atoms with Crippen molar-refractivity contribution in [3.63, 3.8) is 0 Å². The van der Waals surface area contributed by atoms with Crippen molar-refractivity contribution in [2.45, 2.75) is 135 Å². The van der Waals surface area contributed by atoms with Crippen LogP contribution in [0.2, 0.25) is 0 Å².